The smallest absolute Gasteiger partial charge is 0.256 e. The van der Waals surface area contributed by atoms with Gasteiger partial charge in [0.05, 0.1) is 16.8 Å². The molecular formula is C29H21N3O3. The van der Waals surface area contributed by atoms with Crippen LogP contribution in [-0.2, 0) is 0 Å². The minimum Gasteiger partial charge on any atom is -0.454 e. The third-order valence-electron chi connectivity index (χ3n) is 5.83. The molecular weight excluding hydrogens is 438 g/mol. The van der Waals surface area contributed by atoms with Gasteiger partial charge in [-0.15, -0.1) is 0 Å². The van der Waals surface area contributed by atoms with Crippen LogP contribution in [0.25, 0.3) is 22.2 Å². The minimum absolute atomic E-state index is 0.200. The number of rotatable bonds is 5. The first-order valence-electron chi connectivity index (χ1n) is 11.3. The van der Waals surface area contributed by atoms with Crippen molar-refractivity contribution in [3.63, 3.8) is 0 Å². The molecule has 0 saturated heterocycles. The van der Waals surface area contributed by atoms with Gasteiger partial charge in [0, 0.05) is 28.0 Å². The van der Waals surface area contributed by atoms with E-state index in [0.29, 0.717) is 28.4 Å². The van der Waals surface area contributed by atoms with Gasteiger partial charge >= 0.3 is 0 Å². The summed E-state index contributed by atoms with van der Waals surface area (Å²) in [6, 6.07) is 32.7. The van der Waals surface area contributed by atoms with E-state index in [1.165, 1.54) is 0 Å². The standard InChI is InChI=1S/C29H21N3O3/c33-29(31-22-13-11-21(12-14-22)30-20-6-2-1-3-7-20)24-17-26(32-25-9-5-4-8-23(24)25)19-10-15-27-28(16-19)35-18-34-27/h1-17,30H,18H2,(H,31,33). The minimum atomic E-state index is -0.200. The van der Waals surface area contributed by atoms with Crippen molar-refractivity contribution in [2.75, 3.05) is 17.4 Å². The second-order valence-corrected chi connectivity index (χ2v) is 8.16. The Bertz CT molecular complexity index is 1530. The number of amides is 1. The number of carbonyl (C=O) groups is 1. The van der Waals surface area contributed by atoms with E-state index in [1.54, 1.807) is 0 Å². The number of carbonyl (C=O) groups excluding carboxylic acids is 1. The number of ether oxygens (including phenoxy) is 2. The molecule has 2 N–H and O–H groups in total. The molecule has 0 atom stereocenters. The fourth-order valence-corrected chi connectivity index (χ4v) is 4.09. The summed E-state index contributed by atoms with van der Waals surface area (Å²) in [7, 11) is 0. The first kappa shape index (κ1) is 20.7. The highest BCUT2D eigenvalue weighted by atomic mass is 16.7. The molecule has 6 heteroatoms. The molecule has 1 amide bonds. The van der Waals surface area contributed by atoms with Crippen molar-refractivity contribution in [1.82, 2.24) is 4.98 Å². The van der Waals surface area contributed by atoms with Crippen LogP contribution < -0.4 is 20.1 Å². The lowest BCUT2D eigenvalue weighted by molar-refractivity contribution is 0.102. The zero-order chi connectivity index (χ0) is 23.6. The normalized spacial score (nSPS) is 11.9. The van der Waals surface area contributed by atoms with Crippen molar-refractivity contribution in [1.29, 1.82) is 0 Å². The Morgan fingerprint density at radius 1 is 0.714 bits per heavy atom. The molecule has 0 saturated carbocycles. The van der Waals surface area contributed by atoms with Crippen molar-refractivity contribution >= 4 is 33.9 Å². The Kier molecular flexibility index (Phi) is 5.24. The van der Waals surface area contributed by atoms with Crippen molar-refractivity contribution in [2.45, 2.75) is 0 Å². The second kappa shape index (κ2) is 8.83. The largest absolute Gasteiger partial charge is 0.454 e. The molecule has 4 aromatic carbocycles. The number of nitrogens with one attached hydrogen (secondary N) is 2. The number of fused-ring (bicyclic) bond motifs is 2. The molecule has 170 valence electrons. The van der Waals surface area contributed by atoms with Crippen molar-refractivity contribution in [2.24, 2.45) is 0 Å². The number of hydrogen-bond donors (Lipinski definition) is 2. The molecule has 1 aliphatic rings. The molecule has 6 rings (SSSR count). The van der Waals surface area contributed by atoms with Gasteiger partial charge in [-0.1, -0.05) is 36.4 Å². The van der Waals surface area contributed by atoms with Gasteiger partial charge < -0.3 is 20.1 Å². The molecule has 1 aliphatic heterocycles. The molecule has 0 spiro atoms. The van der Waals surface area contributed by atoms with Crippen molar-refractivity contribution < 1.29 is 14.3 Å². The topological polar surface area (TPSA) is 72.5 Å². The molecule has 5 aromatic rings. The van der Waals surface area contributed by atoms with Crippen LogP contribution in [0.1, 0.15) is 10.4 Å². The van der Waals surface area contributed by atoms with Gasteiger partial charge in [-0.25, -0.2) is 4.98 Å². The van der Waals surface area contributed by atoms with E-state index in [9.17, 15) is 4.79 Å². The predicted molar refractivity (Wildman–Crippen MR) is 137 cm³/mol. The number of para-hydroxylation sites is 2. The van der Waals surface area contributed by atoms with Crippen LogP contribution in [0.4, 0.5) is 17.1 Å². The van der Waals surface area contributed by atoms with E-state index in [2.05, 4.69) is 10.6 Å². The molecule has 1 aromatic heterocycles. The molecule has 35 heavy (non-hydrogen) atoms. The molecule has 6 nitrogen and oxygen atoms in total. The lowest BCUT2D eigenvalue weighted by atomic mass is 10.0. The Balaban J connectivity index is 1.29. The predicted octanol–water partition coefficient (Wildman–Crippen LogP) is 6.63. The third kappa shape index (κ3) is 4.25. The molecule has 0 unspecified atom stereocenters. The van der Waals surface area contributed by atoms with Crippen LogP contribution in [0.5, 0.6) is 11.5 Å². The zero-order valence-corrected chi connectivity index (χ0v) is 18.7. The van der Waals surface area contributed by atoms with Crippen molar-refractivity contribution in [3.05, 3.63) is 109 Å². The number of anilines is 3. The lowest BCUT2D eigenvalue weighted by Crippen LogP contribution is -2.13. The Hall–Kier alpha value is -4.84. The number of aromatic nitrogens is 1. The third-order valence-corrected chi connectivity index (χ3v) is 5.83. The van der Waals surface area contributed by atoms with Crippen LogP contribution in [0.15, 0.2) is 103 Å². The molecule has 0 bridgehead atoms. The maximum absolute atomic E-state index is 13.4. The molecule has 0 radical (unpaired) electrons. The highest BCUT2D eigenvalue weighted by Crippen LogP contribution is 2.36. The molecule has 0 fully saturated rings. The average molecular weight is 460 g/mol. The van der Waals surface area contributed by atoms with E-state index in [0.717, 1.165) is 27.8 Å². The van der Waals surface area contributed by atoms with Gasteiger partial charge in [-0.05, 0) is 66.7 Å². The van der Waals surface area contributed by atoms with Gasteiger partial charge in [0.15, 0.2) is 11.5 Å². The Morgan fingerprint density at radius 3 is 2.29 bits per heavy atom. The monoisotopic (exact) mass is 459 g/mol. The average Bonchev–Trinajstić information content (AvgIpc) is 3.38. The summed E-state index contributed by atoms with van der Waals surface area (Å²) in [5, 5.41) is 7.15. The Labute approximate surface area is 202 Å². The first-order valence-corrected chi connectivity index (χ1v) is 11.3. The Morgan fingerprint density at radius 2 is 1.43 bits per heavy atom. The van der Waals surface area contributed by atoms with Crippen molar-refractivity contribution in [3.8, 4) is 22.8 Å². The summed E-state index contributed by atoms with van der Waals surface area (Å²) in [6.07, 6.45) is 0. The van der Waals surface area contributed by atoms with Gasteiger partial charge in [-0.3, -0.25) is 4.79 Å². The van der Waals surface area contributed by atoms with Gasteiger partial charge in [0.1, 0.15) is 0 Å². The summed E-state index contributed by atoms with van der Waals surface area (Å²) in [6.45, 7) is 0.206. The van der Waals surface area contributed by atoms with Crippen LogP contribution in [-0.4, -0.2) is 17.7 Å². The van der Waals surface area contributed by atoms with Gasteiger partial charge in [0.25, 0.3) is 5.91 Å². The van der Waals surface area contributed by atoms with E-state index < -0.39 is 0 Å². The number of benzene rings is 4. The summed E-state index contributed by atoms with van der Waals surface area (Å²) in [5.41, 5.74) is 5.49. The second-order valence-electron chi connectivity index (χ2n) is 8.16. The van der Waals surface area contributed by atoms with Gasteiger partial charge in [0.2, 0.25) is 6.79 Å². The fourth-order valence-electron chi connectivity index (χ4n) is 4.09. The first-order chi connectivity index (χ1) is 17.2. The summed E-state index contributed by atoms with van der Waals surface area (Å²) in [5.74, 6) is 1.18. The van der Waals surface area contributed by atoms with Crippen LogP contribution in [0.2, 0.25) is 0 Å². The number of pyridine rings is 1. The molecule has 0 aliphatic carbocycles. The van der Waals surface area contributed by atoms with Crippen LogP contribution in [0, 0.1) is 0 Å². The zero-order valence-electron chi connectivity index (χ0n) is 18.7. The summed E-state index contributed by atoms with van der Waals surface area (Å²) in [4.78, 5) is 18.2. The SMILES string of the molecule is O=C(Nc1ccc(Nc2ccccc2)cc1)c1cc(-c2ccc3c(c2)OCO3)nc2ccccc12. The summed E-state index contributed by atoms with van der Waals surface area (Å²) >= 11 is 0. The van der Waals surface area contributed by atoms with Crippen LogP contribution >= 0.6 is 0 Å². The van der Waals surface area contributed by atoms with E-state index in [-0.39, 0.29) is 12.7 Å². The molecule has 2 heterocycles. The van der Waals surface area contributed by atoms with E-state index in [4.69, 9.17) is 14.5 Å². The van der Waals surface area contributed by atoms with E-state index in [1.807, 2.05) is 103 Å². The number of nitrogens with zero attached hydrogens (tertiary/aromatic N) is 1. The number of hydrogen-bond acceptors (Lipinski definition) is 5. The quantitative estimate of drug-likeness (QED) is 0.309. The fraction of sp³-hybridized carbons (Fsp3) is 0.0345. The highest BCUT2D eigenvalue weighted by Gasteiger charge is 2.17. The maximum Gasteiger partial charge on any atom is 0.256 e. The maximum atomic E-state index is 13.4. The van der Waals surface area contributed by atoms with Gasteiger partial charge in [-0.2, -0.15) is 0 Å². The lowest BCUT2D eigenvalue weighted by Gasteiger charge is -2.12. The summed E-state index contributed by atoms with van der Waals surface area (Å²) < 4.78 is 10.9. The van der Waals surface area contributed by atoms with E-state index >= 15 is 0 Å². The van der Waals surface area contributed by atoms with Crippen LogP contribution in [0.3, 0.4) is 0 Å². The highest BCUT2D eigenvalue weighted by molar-refractivity contribution is 6.13.